The van der Waals surface area contributed by atoms with Crippen molar-refractivity contribution in [1.29, 1.82) is 0 Å². The number of aromatic nitrogens is 6. The molecule has 3 aliphatic heterocycles. The van der Waals surface area contributed by atoms with Crippen molar-refractivity contribution in [2.45, 2.75) is 153 Å². The molecule has 5 N–H and O–H groups in total. The number of rotatable bonds is 14. The predicted molar refractivity (Wildman–Crippen MR) is 330 cm³/mol. The maximum atomic E-state index is 12.6. The number of hydrogen-bond acceptors (Lipinski definition) is 15. The van der Waals surface area contributed by atoms with Crippen molar-refractivity contribution in [3.8, 4) is 11.1 Å². The van der Waals surface area contributed by atoms with Gasteiger partial charge < -0.3 is 54.2 Å². The number of aliphatic hydroxyl groups excluding tert-OH is 2. The van der Waals surface area contributed by atoms with Crippen LogP contribution in [-0.4, -0.2) is 193 Å². The molecule has 5 fully saturated rings. The minimum Gasteiger partial charge on any atom is -0.483 e. The number of hydrogen-bond donors (Lipinski definition) is 5. The summed E-state index contributed by atoms with van der Waals surface area (Å²) in [6.45, 7) is 18.5. The lowest BCUT2D eigenvalue weighted by Gasteiger charge is -2.32. The number of fused-ring (bicyclic) bond motifs is 2. The Bertz CT molecular complexity index is 3110. The number of nitrogens with one attached hydrogen (secondary N) is 2. The van der Waals surface area contributed by atoms with Gasteiger partial charge in [0.2, 0.25) is 11.9 Å². The van der Waals surface area contributed by atoms with Gasteiger partial charge in [0.15, 0.2) is 0 Å². The van der Waals surface area contributed by atoms with E-state index in [1.165, 1.54) is 11.1 Å². The van der Waals surface area contributed by atoms with Crippen molar-refractivity contribution in [3.05, 3.63) is 88.9 Å². The van der Waals surface area contributed by atoms with Crippen LogP contribution in [0, 0.1) is 0 Å². The summed E-state index contributed by atoms with van der Waals surface area (Å²) in [5.74, 6) is 0.385. The first-order chi connectivity index (χ1) is 41.3. The molecule has 2 saturated carbocycles. The van der Waals surface area contributed by atoms with Gasteiger partial charge in [0.05, 0.1) is 41.6 Å². The number of carboxylic acid groups (broad SMARTS) is 1. The summed E-state index contributed by atoms with van der Waals surface area (Å²) in [4.78, 5) is 35.5. The number of benzene rings is 2. The highest BCUT2D eigenvalue weighted by Crippen LogP contribution is 2.39. The standard InChI is InChI=1S/C27H35F3N6O.C18H29BN2O2.C15H18BrF3N4O.CH2O2/c1-34-12-14-35(15-13-34)17-19-2-4-20(5-3-19)24-18-36(21-6-8-22(37)9-7-21)25-23(24)16-32-26(33-25)31-11-10-27(28,29)30;1-17(2)18(3,4)23-19(22-17)16-8-6-15(7-9-16)14-21-12-10-20(5)11-13-21;16-12-8-23(9-1-3-10(24)4-2-9)13-11(12)7-21-14(22-13)20-6-5-15(17,18)19;2-1-3/h2-5,16,18,21-22,37H,6-15,17H2,1H3,(H,31,32,33);6-9H,10-14H2,1-5H3;7-10,24H,1-6H2,(H,20,21,22);1H,(H,2,3). The third kappa shape index (κ3) is 19.0. The smallest absolute Gasteiger partial charge is 0.483 e. The topological polar surface area (TPSA) is 195 Å². The maximum Gasteiger partial charge on any atom is 0.494 e. The zero-order valence-corrected chi connectivity index (χ0v) is 52.2. The van der Waals surface area contributed by atoms with Crippen molar-refractivity contribution in [3.63, 3.8) is 0 Å². The normalized spacial score (nSPS) is 22.2. The molecule has 26 heteroatoms. The maximum absolute atomic E-state index is 12.6. The number of halogens is 7. The second-order valence-electron chi connectivity index (χ2n) is 24.5. The molecule has 0 atom stereocenters. The van der Waals surface area contributed by atoms with Gasteiger partial charge in [0.25, 0.3) is 6.47 Å². The molecule has 3 saturated heterocycles. The summed E-state index contributed by atoms with van der Waals surface area (Å²) in [6, 6.07) is 17.7. The number of anilines is 2. The molecule has 0 spiro atoms. The van der Waals surface area contributed by atoms with Crippen molar-refractivity contribution in [2.24, 2.45) is 0 Å². The van der Waals surface area contributed by atoms with Crippen LogP contribution in [0.15, 0.2) is 77.8 Å². The Kier molecular flexibility index (Phi) is 23.2. The number of nitrogens with zero attached hydrogens (tertiary/aromatic N) is 10. The number of alkyl halides is 6. The van der Waals surface area contributed by atoms with Crippen LogP contribution in [0.3, 0.4) is 0 Å². The number of carbonyl (C=O) groups is 1. The zero-order chi connectivity index (χ0) is 62.7. The van der Waals surface area contributed by atoms with E-state index in [2.05, 4.69) is 167 Å². The Morgan fingerprint density at radius 1 is 0.621 bits per heavy atom. The van der Waals surface area contributed by atoms with Crippen LogP contribution in [0.25, 0.3) is 33.2 Å². The first-order valence-corrected chi connectivity index (χ1v) is 30.9. The Balaban J connectivity index is 0.000000172. The summed E-state index contributed by atoms with van der Waals surface area (Å²) in [7, 11) is 4.08. The molecule has 0 amide bonds. The molecule has 0 bridgehead atoms. The van der Waals surface area contributed by atoms with Crippen molar-refractivity contribution < 1.29 is 55.8 Å². The van der Waals surface area contributed by atoms with Crippen molar-refractivity contribution in [2.75, 3.05) is 90.2 Å². The van der Waals surface area contributed by atoms with Gasteiger partial charge in [-0.3, -0.25) is 14.6 Å². The largest absolute Gasteiger partial charge is 0.494 e. The molecule has 6 aromatic rings. The van der Waals surface area contributed by atoms with Crippen LogP contribution in [0.1, 0.15) is 115 Å². The Morgan fingerprint density at radius 2 is 1.01 bits per heavy atom. The lowest BCUT2D eigenvalue weighted by Crippen LogP contribution is -2.43. The average molecular weight is 1290 g/mol. The molecule has 2 aromatic carbocycles. The minimum absolute atomic E-state index is 0.175. The fourth-order valence-corrected chi connectivity index (χ4v) is 11.9. The second kappa shape index (κ2) is 29.9. The number of aliphatic hydroxyl groups is 2. The molecule has 4 aromatic heterocycles. The van der Waals surface area contributed by atoms with Gasteiger partial charge in [-0.2, -0.15) is 36.3 Å². The first kappa shape index (κ1) is 67.5. The molecule has 0 unspecified atom stereocenters. The van der Waals surface area contributed by atoms with Crippen LogP contribution in [0.4, 0.5) is 38.2 Å². The third-order valence-electron chi connectivity index (χ3n) is 17.4. The van der Waals surface area contributed by atoms with Gasteiger partial charge in [0, 0.05) is 131 Å². The van der Waals surface area contributed by atoms with Crippen LogP contribution in [0.5, 0.6) is 0 Å². The van der Waals surface area contributed by atoms with E-state index in [1.807, 2.05) is 10.8 Å². The molecule has 2 aliphatic carbocycles. The van der Waals surface area contributed by atoms with Crippen molar-refractivity contribution >= 4 is 68.9 Å². The van der Waals surface area contributed by atoms with E-state index >= 15 is 0 Å². The van der Waals surface area contributed by atoms with E-state index in [4.69, 9.17) is 19.2 Å². The number of likely N-dealkylation sites (N-methyl/N-ethyl adjacent to an activating group) is 2. The molecular weight excluding hydrogens is 1200 g/mol. The van der Waals surface area contributed by atoms with Gasteiger partial charge in [-0.1, -0.05) is 48.5 Å². The van der Waals surface area contributed by atoms with E-state index < -0.39 is 25.2 Å². The van der Waals surface area contributed by atoms with Gasteiger partial charge in [-0.15, -0.1) is 0 Å². The molecule has 7 heterocycles. The molecule has 87 heavy (non-hydrogen) atoms. The quantitative estimate of drug-likeness (QED) is 0.0392. The van der Waals surface area contributed by atoms with Gasteiger partial charge in [-0.05, 0) is 131 Å². The Labute approximate surface area is 514 Å². The number of piperazine rings is 2. The first-order valence-electron chi connectivity index (χ1n) is 30.1. The lowest BCUT2D eigenvalue weighted by molar-refractivity contribution is -0.132. The highest BCUT2D eigenvalue weighted by Gasteiger charge is 2.51. The van der Waals surface area contributed by atoms with E-state index in [0.29, 0.717) is 11.3 Å². The summed E-state index contributed by atoms with van der Waals surface area (Å²) < 4.78 is 91.8. The SMILES string of the molecule is CN1CCN(Cc2ccc(-c3cn(C4CCC(O)CC4)c4nc(NCCC(F)(F)F)ncc34)cc2)CC1.CN1CCN(Cc2ccc(B3OC(C)(C)C(C)(C)O3)cc2)CC1.O=CO.OC1CCC(n2cc(Br)c3cnc(NCCC(F)(F)F)nc32)CC1. The van der Waals surface area contributed by atoms with Gasteiger partial charge in [0.1, 0.15) is 11.3 Å². The van der Waals surface area contributed by atoms with Crippen LogP contribution in [-0.2, 0) is 27.2 Å². The van der Waals surface area contributed by atoms with Crippen LogP contribution in [0.2, 0.25) is 0 Å². The highest BCUT2D eigenvalue weighted by atomic mass is 79.9. The van der Waals surface area contributed by atoms with Gasteiger partial charge in [-0.25, -0.2) is 9.97 Å². The molecule has 476 valence electrons. The summed E-state index contributed by atoms with van der Waals surface area (Å²) in [6.07, 6.45) is 2.78. The summed E-state index contributed by atoms with van der Waals surface area (Å²) in [5.41, 5.74) is 6.63. The zero-order valence-electron chi connectivity index (χ0n) is 50.6. The lowest BCUT2D eigenvalue weighted by atomic mass is 9.79. The van der Waals surface area contributed by atoms with E-state index in [0.717, 1.165) is 149 Å². The van der Waals surface area contributed by atoms with E-state index in [1.54, 1.807) is 12.4 Å². The molecule has 0 radical (unpaired) electrons. The van der Waals surface area contributed by atoms with Crippen LogP contribution >= 0.6 is 15.9 Å². The van der Waals surface area contributed by atoms with Crippen LogP contribution < -0.4 is 16.1 Å². The monoisotopic (exact) mass is 1280 g/mol. The summed E-state index contributed by atoms with van der Waals surface area (Å²) in [5, 5.41) is 33.6. The average Bonchev–Trinajstić information content (AvgIpc) is 1.72. The molecule has 11 rings (SSSR count). The highest BCUT2D eigenvalue weighted by molar-refractivity contribution is 9.10. The van der Waals surface area contributed by atoms with E-state index in [-0.39, 0.29) is 74.1 Å². The Hall–Kier alpha value is -5.45. The van der Waals surface area contributed by atoms with E-state index in [9.17, 15) is 36.6 Å². The summed E-state index contributed by atoms with van der Waals surface area (Å²) >= 11 is 3.48. The fraction of sp³-hybridized carbons (Fsp3) is 0.590. The predicted octanol–water partition coefficient (Wildman–Crippen LogP) is 10.2. The third-order valence-corrected chi connectivity index (χ3v) is 18.0. The molecule has 5 aliphatic rings. The van der Waals surface area contributed by atoms with Crippen molar-refractivity contribution in [1.82, 2.24) is 48.7 Å². The van der Waals surface area contributed by atoms with Gasteiger partial charge >= 0.3 is 19.5 Å². The molecular formula is C61H84BBrF6N12O6. The minimum atomic E-state index is -4.23. The second-order valence-corrected chi connectivity index (χ2v) is 25.4. The fourth-order valence-electron chi connectivity index (χ4n) is 11.4. The Morgan fingerprint density at radius 3 is 1.44 bits per heavy atom. The molecule has 18 nitrogen and oxygen atoms in total.